The van der Waals surface area contributed by atoms with Gasteiger partial charge in [0.1, 0.15) is 5.75 Å². The molecule has 2 aromatic carbocycles. The van der Waals surface area contributed by atoms with Crippen molar-refractivity contribution in [2.45, 2.75) is 12.5 Å². The quantitative estimate of drug-likeness (QED) is 0.222. The number of hydrogen-bond acceptors (Lipinski definition) is 6. The van der Waals surface area contributed by atoms with Crippen LogP contribution >= 0.6 is 0 Å². The lowest BCUT2D eigenvalue weighted by Gasteiger charge is -2.25. The Hall–Kier alpha value is -3.43. The van der Waals surface area contributed by atoms with Crippen molar-refractivity contribution >= 4 is 17.7 Å². The van der Waals surface area contributed by atoms with E-state index >= 15 is 0 Å². The second-order valence-corrected chi connectivity index (χ2v) is 7.52. The van der Waals surface area contributed by atoms with Crippen molar-refractivity contribution in [1.29, 1.82) is 0 Å². The van der Waals surface area contributed by atoms with Gasteiger partial charge in [0.25, 0.3) is 17.7 Å². The molecule has 0 heterocycles. The van der Waals surface area contributed by atoms with Crippen molar-refractivity contribution in [2.24, 2.45) is 0 Å². The largest absolute Gasteiger partial charge is 0.494 e. The summed E-state index contributed by atoms with van der Waals surface area (Å²) in [6, 6.07) is 13.0. The second kappa shape index (κ2) is 11.8. The monoisotopic (exact) mass is 442 g/mol. The number of amides is 3. The SMILES string of the molecule is CNC(=O)C(C(=O)NO)N(C)C(=O)c1ccc(-c2ccc(OCCCN(C)C)cc2)cc1. The molecule has 1 atom stereocenters. The van der Waals surface area contributed by atoms with Crippen molar-refractivity contribution < 1.29 is 24.3 Å². The van der Waals surface area contributed by atoms with Crippen molar-refractivity contribution in [3.8, 4) is 16.9 Å². The zero-order valence-electron chi connectivity index (χ0n) is 18.8. The van der Waals surface area contributed by atoms with E-state index in [2.05, 4.69) is 10.2 Å². The van der Waals surface area contributed by atoms with Gasteiger partial charge < -0.3 is 19.9 Å². The van der Waals surface area contributed by atoms with Crippen molar-refractivity contribution in [2.75, 3.05) is 41.3 Å². The molecule has 0 radical (unpaired) electrons. The maximum absolute atomic E-state index is 12.8. The fourth-order valence-electron chi connectivity index (χ4n) is 3.11. The number of carbonyl (C=O) groups excluding carboxylic acids is 3. The zero-order valence-corrected chi connectivity index (χ0v) is 18.8. The lowest BCUT2D eigenvalue weighted by Crippen LogP contribution is -2.54. The molecule has 9 nitrogen and oxygen atoms in total. The van der Waals surface area contributed by atoms with Gasteiger partial charge in [0.2, 0.25) is 0 Å². The number of hydrogen-bond donors (Lipinski definition) is 3. The van der Waals surface area contributed by atoms with Crippen LogP contribution in [0.5, 0.6) is 5.75 Å². The topological polar surface area (TPSA) is 111 Å². The molecule has 0 spiro atoms. The van der Waals surface area contributed by atoms with Crippen LogP contribution in [0.1, 0.15) is 16.8 Å². The van der Waals surface area contributed by atoms with Gasteiger partial charge in [-0.15, -0.1) is 0 Å². The molecule has 172 valence electrons. The summed E-state index contributed by atoms with van der Waals surface area (Å²) in [5.41, 5.74) is 3.58. The first kappa shape index (κ1) is 24.8. The third-order valence-electron chi connectivity index (χ3n) is 4.90. The Morgan fingerprint density at radius 3 is 2.00 bits per heavy atom. The molecular weight excluding hydrogens is 412 g/mol. The highest BCUT2D eigenvalue weighted by molar-refractivity contribution is 6.08. The van der Waals surface area contributed by atoms with Crippen LogP contribution in [0.4, 0.5) is 0 Å². The molecule has 0 aliphatic rings. The standard InChI is InChI=1S/C23H30N4O5/c1-24-21(28)20(22(29)25-31)27(4)23(30)18-8-6-16(7-9-18)17-10-12-19(13-11-17)32-15-5-14-26(2)3/h6-13,20,31H,5,14-15H2,1-4H3,(H,24,28)(H,25,29). The van der Waals surface area contributed by atoms with Crippen LogP contribution in [0.3, 0.4) is 0 Å². The first-order chi connectivity index (χ1) is 15.3. The first-order valence-electron chi connectivity index (χ1n) is 10.2. The average Bonchev–Trinajstić information content (AvgIpc) is 2.81. The third-order valence-corrected chi connectivity index (χ3v) is 4.90. The van der Waals surface area contributed by atoms with Gasteiger partial charge in [-0.25, -0.2) is 5.48 Å². The van der Waals surface area contributed by atoms with Gasteiger partial charge in [-0.2, -0.15) is 0 Å². The Kier molecular flexibility index (Phi) is 9.18. The van der Waals surface area contributed by atoms with E-state index in [0.717, 1.165) is 34.7 Å². The maximum Gasteiger partial charge on any atom is 0.275 e. The molecule has 0 aromatic heterocycles. The highest BCUT2D eigenvalue weighted by Gasteiger charge is 2.33. The molecule has 0 saturated heterocycles. The highest BCUT2D eigenvalue weighted by Crippen LogP contribution is 2.23. The molecule has 0 aliphatic carbocycles. The number of nitrogens with zero attached hydrogens (tertiary/aromatic N) is 2. The van der Waals surface area contributed by atoms with Gasteiger partial charge in [0, 0.05) is 26.2 Å². The van der Waals surface area contributed by atoms with Gasteiger partial charge in [-0.05, 0) is 55.9 Å². The van der Waals surface area contributed by atoms with E-state index in [4.69, 9.17) is 9.94 Å². The second-order valence-electron chi connectivity index (χ2n) is 7.52. The van der Waals surface area contributed by atoms with E-state index in [9.17, 15) is 14.4 Å². The van der Waals surface area contributed by atoms with Crippen LogP contribution < -0.4 is 15.5 Å². The summed E-state index contributed by atoms with van der Waals surface area (Å²) >= 11 is 0. The number of hydroxylamine groups is 1. The van der Waals surface area contributed by atoms with Gasteiger partial charge in [0.15, 0.2) is 6.04 Å². The number of benzene rings is 2. The van der Waals surface area contributed by atoms with E-state index in [1.807, 2.05) is 38.4 Å². The lowest BCUT2D eigenvalue weighted by molar-refractivity contribution is -0.140. The Morgan fingerprint density at radius 1 is 0.938 bits per heavy atom. The molecule has 9 heteroatoms. The molecule has 0 bridgehead atoms. The molecular formula is C23H30N4O5. The van der Waals surface area contributed by atoms with Gasteiger partial charge in [0.05, 0.1) is 6.61 Å². The third kappa shape index (κ3) is 6.53. The summed E-state index contributed by atoms with van der Waals surface area (Å²) in [5.74, 6) is -1.45. The fraction of sp³-hybridized carbons (Fsp3) is 0.348. The molecule has 0 aliphatic heterocycles. The minimum absolute atomic E-state index is 0.303. The smallest absolute Gasteiger partial charge is 0.275 e. The Morgan fingerprint density at radius 2 is 1.50 bits per heavy atom. The highest BCUT2D eigenvalue weighted by atomic mass is 16.5. The van der Waals surface area contributed by atoms with E-state index in [1.54, 1.807) is 24.3 Å². The van der Waals surface area contributed by atoms with Crippen LogP contribution in [-0.4, -0.2) is 80.1 Å². The van der Waals surface area contributed by atoms with Crippen LogP contribution in [0.2, 0.25) is 0 Å². The first-order valence-corrected chi connectivity index (χ1v) is 10.2. The van der Waals surface area contributed by atoms with Crippen LogP contribution in [0.15, 0.2) is 48.5 Å². The lowest BCUT2D eigenvalue weighted by atomic mass is 10.0. The minimum atomic E-state index is -1.50. The number of carbonyl (C=O) groups is 3. The number of ether oxygens (including phenoxy) is 1. The molecule has 2 rings (SSSR count). The van der Waals surface area contributed by atoms with Crippen molar-refractivity contribution in [3.05, 3.63) is 54.1 Å². The maximum atomic E-state index is 12.8. The molecule has 32 heavy (non-hydrogen) atoms. The Bertz CT molecular complexity index is 897. The molecule has 0 saturated carbocycles. The van der Waals surface area contributed by atoms with Crippen LogP contribution in [0, 0.1) is 0 Å². The predicted octanol–water partition coefficient (Wildman–Crippen LogP) is 1.38. The molecule has 1 unspecified atom stereocenters. The summed E-state index contributed by atoms with van der Waals surface area (Å²) in [6.07, 6.45) is 0.944. The Labute approximate surface area is 187 Å². The normalized spacial score (nSPS) is 11.6. The summed E-state index contributed by atoms with van der Waals surface area (Å²) in [7, 11) is 6.71. The molecule has 2 aromatic rings. The van der Waals surface area contributed by atoms with Crippen molar-refractivity contribution in [1.82, 2.24) is 20.6 Å². The fourth-order valence-corrected chi connectivity index (χ4v) is 3.11. The Balaban J connectivity index is 2.06. The predicted molar refractivity (Wildman–Crippen MR) is 120 cm³/mol. The van der Waals surface area contributed by atoms with Crippen LogP contribution in [0.25, 0.3) is 11.1 Å². The molecule has 0 fully saturated rings. The van der Waals surface area contributed by atoms with Gasteiger partial charge in [-0.3, -0.25) is 19.6 Å². The van der Waals surface area contributed by atoms with E-state index < -0.39 is 23.8 Å². The number of nitrogens with one attached hydrogen (secondary N) is 2. The van der Waals surface area contributed by atoms with Crippen molar-refractivity contribution in [3.63, 3.8) is 0 Å². The molecule has 3 amide bonds. The number of rotatable bonds is 10. The average molecular weight is 443 g/mol. The summed E-state index contributed by atoms with van der Waals surface area (Å²) in [5, 5.41) is 11.2. The zero-order chi connectivity index (χ0) is 23.7. The summed E-state index contributed by atoms with van der Waals surface area (Å²) < 4.78 is 5.74. The minimum Gasteiger partial charge on any atom is -0.494 e. The summed E-state index contributed by atoms with van der Waals surface area (Å²) in [4.78, 5) is 39.7. The van der Waals surface area contributed by atoms with Gasteiger partial charge >= 0.3 is 0 Å². The number of likely N-dealkylation sites (N-methyl/N-ethyl adjacent to an activating group) is 2. The summed E-state index contributed by atoms with van der Waals surface area (Å²) in [6.45, 7) is 1.61. The van der Waals surface area contributed by atoms with Crippen LogP contribution in [-0.2, 0) is 9.59 Å². The molecule has 3 N–H and O–H groups in total. The van der Waals surface area contributed by atoms with Gasteiger partial charge in [-0.1, -0.05) is 24.3 Å². The van der Waals surface area contributed by atoms with E-state index in [1.165, 1.54) is 19.6 Å². The van der Waals surface area contributed by atoms with E-state index in [0.29, 0.717) is 12.2 Å². The van der Waals surface area contributed by atoms with E-state index in [-0.39, 0.29) is 0 Å².